The zero-order chi connectivity index (χ0) is 17.5. The third-order valence-electron chi connectivity index (χ3n) is 3.81. The fourth-order valence-electron chi connectivity index (χ4n) is 2.44. The van der Waals surface area contributed by atoms with Gasteiger partial charge in [0.2, 0.25) is 15.9 Å². The first kappa shape index (κ1) is 19.6. The molecule has 0 fully saturated rings. The molecule has 0 saturated heterocycles. The standard InChI is InChI=1S/C17H28N2O3S/c1-5-8-12-19(23(4,21)22)13-16(20)18-17-14(6-2)10-9-11-15(17)7-3/h9-11H,5-8,12-13H2,1-4H3,(H,18,20). The van der Waals surface area contributed by atoms with Gasteiger partial charge in [0.05, 0.1) is 12.8 Å². The molecule has 1 N–H and O–H groups in total. The molecule has 1 aromatic carbocycles. The first-order valence-electron chi connectivity index (χ1n) is 8.19. The maximum atomic E-state index is 12.4. The summed E-state index contributed by atoms with van der Waals surface area (Å²) in [7, 11) is -3.38. The smallest absolute Gasteiger partial charge is 0.239 e. The highest BCUT2D eigenvalue weighted by Crippen LogP contribution is 2.22. The average molecular weight is 340 g/mol. The van der Waals surface area contributed by atoms with Crippen LogP contribution in [-0.4, -0.2) is 38.0 Å². The van der Waals surface area contributed by atoms with E-state index in [4.69, 9.17) is 0 Å². The molecule has 23 heavy (non-hydrogen) atoms. The number of hydrogen-bond acceptors (Lipinski definition) is 3. The van der Waals surface area contributed by atoms with Crippen molar-refractivity contribution in [2.75, 3.05) is 24.7 Å². The van der Waals surface area contributed by atoms with Crippen molar-refractivity contribution in [1.29, 1.82) is 0 Å². The minimum atomic E-state index is -3.38. The number of para-hydroxylation sites is 1. The van der Waals surface area contributed by atoms with Gasteiger partial charge in [-0.3, -0.25) is 4.79 Å². The number of aryl methyl sites for hydroxylation is 2. The van der Waals surface area contributed by atoms with Crippen molar-refractivity contribution >= 4 is 21.6 Å². The molecule has 1 amide bonds. The third-order valence-corrected chi connectivity index (χ3v) is 5.06. The molecule has 0 saturated carbocycles. The molecule has 1 rings (SSSR count). The molecule has 0 aromatic heterocycles. The van der Waals surface area contributed by atoms with Crippen LogP contribution in [0, 0.1) is 0 Å². The lowest BCUT2D eigenvalue weighted by Gasteiger charge is -2.20. The SMILES string of the molecule is CCCCN(CC(=O)Nc1c(CC)cccc1CC)S(C)(=O)=O. The van der Waals surface area contributed by atoms with Gasteiger partial charge >= 0.3 is 0 Å². The highest BCUT2D eigenvalue weighted by Gasteiger charge is 2.20. The quantitative estimate of drug-likeness (QED) is 0.752. The lowest BCUT2D eigenvalue weighted by molar-refractivity contribution is -0.116. The number of amides is 1. The van der Waals surface area contributed by atoms with E-state index in [9.17, 15) is 13.2 Å². The van der Waals surface area contributed by atoms with Crippen LogP contribution in [0.2, 0.25) is 0 Å². The van der Waals surface area contributed by atoms with E-state index in [-0.39, 0.29) is 12.5 Å². The Balaban J connectivity index is 2.90. The number of rotatable bonds is 9. The molecule has 6 heteroatoms. The molecule has 0 heterocycles. The van der Waals surface area contributed by atoms with E-state index in [1.165, 1.54) is 4.31 Å². The van der Waals surface area contributed by atoms with E-state index < -0.39 is 10.0 Å². The van der Waals surface area contributed by atoms with Crippen LogP contribution < -0.4 is 5.32 Å². The van der Waals surface area contributed by atoms with Gasteiger partial charge in [-0.15, -0.1) is 0 Å². The summed E-state index contributed by atoms with van der Waals surface area (Å²) in [6, 6.07) is 5.96. The molecule has 0 bridgehead atoms. The fourth-order valence-corrected chi connectivity index (χ4v) is 3.25. The van der Waals surface area contributed by atoms with Crippen LogP contribution in [-0.2, 0) is 27.7 Å². The molecule has 0 aliphatic rings. The summed E-state index contributed by atoms with van der Waals surface area (Å²) >= 11 is 0. The largest absolute Gasteiger partial charge is 0.324 e. The molecule has 5 nitrogen and oxygen atoms in total. The normalized spacial score (nSPS) is 11.7. The second-order valence-corrected chi connectivity index (χ2v) is 7.64. The summed E-state index contributed by atoms with van der Waals surface area (Å²) in [5, 5.41) is 2.91. The van der Waals surface area contributed by atoms with Crippen LogP contribution in [0.15, 0.2) is 18.2 Å². The lowest BCUT2D eigenvalue weighted by Crippen LogP contribution is -2.38. The van der Waals surface area contributed by atoms with Crippen LogP contribution in [0.4, 0.5) is 5.69 Å². The highest BCUT2D eigenvalue weighted by molar-refractivity contribution is 7.88. The van der Waals surface area contributed by atoms with Crippen molar-refractivity contribution in [3.05, 3.63) is 29.3 Å². The van der Waals surface area contributed by atoms with Crippen LogP contribution in [0.5, 0.6) is 0 Å². The Kier molecular flexibility index (Phi) is 7.72. The number of carbonyl (C=O) groups is 1. The van der Waals surface area contributed by atoms with Gasteiger partial charge in [-0.05, 0) is 30.4 Å². The van der Waals surface area contributed by atoms with Gasteiger partial charge in [0, 0.05) is 12.2 Å². The summed E-state index contributed by atoms with van der Waals surface area (Å²) in [6.07, 6.45) is 4.40. The fraction of sp³-hybridized carbons (Fsp3) is 0.588. The highest BCUT2D eigenvalue weighted by atomic mass is 32.2. The van der Waals surface area contributed by atoms with E-state index in [0.717, 1.165) is 48.8 Å². The average Bonchev–Trinajstić information content (AvgIpc) is 2.50. The second kappa shape index (κ2) is 9.03. The maximum Gasteiger partial charge on any atom is 0.239 e. The second-order valence-electron chi connectivity index (χ2n) is 5.66. The lowest BCUT2D eigenvalue weighted by atomic mass is 10.0. The molecular weight excluding hydrogens is 312 g/mol. The molecule has 0 unspecified atom stereocenters. The number of anilines is 1. The number of benzene rings is 1. The van der Waals surface area contributed by atoms with Gasteiger partial charge in [0.1, 0.15) is 0 Å². The van der Waals surface area contributed by atoms with Crippen LogP contribution in [0.1, 0.15) is 44.7 Å². The Labute approximate surface area is 140 Å². The third kappa shape index (κ3) is 5.95. The van der Waals surface area contributed by atoms with Crippen molar-refractivity contribution in [3.63, 3.8) is 0 Å². The summed E-state index contributed by atoms with van der Waals surface area (Å²) in [5.41, 5.74) is 2.96. The van der Waals surface area contributed by atoms with Gasteiger partial charge in [0.25, 0.3) is 0 Å². The van der Waals surface area contributed by atoms with Crippen LogP contribution in [0.3, 0.4) is 0 Å². The summed E-state index contributed by atoms with van der Waals surface area (Å²) in [4.78, 5) is 12.4. The Morgan fingerprint density at radius 1 is 1.13 bits per heavy atom. The minimum absolute atomic E-state index is 0.139. The molecule has 0 spiro atoms. The Hall–Kier alpha value is -1.40. The van der Waals surface area contributed by atoms with E-state index >= 15 is 0 Å². The number of unbranched alkanes of at least 4 members (excludes halogenated alkanes) is 1. The van der Waals surface area contributed by atoms with Crippen LogP contribution in [0.25, 0.3) is 0 Å². The van der Waals surface area contributed by atoms with Crippen molar-refractivity contribution in [2.45, 2.75) is 46.5 Å². The van der Waals surface area contributed by atoms with Crippen molar-refractivity contribution in [3.8, 4) is 0 Å². The van der Waals surface area contributed by atoms with E-state index in [1.807, 2.05) is 39.0 Å². The van der Waals surface area contributed by atoms with Gasteiger partial charge in [-0.25, -0.2) is 8.42 Å². The maximum absolute atomic E-state index is 12.4. The van der Waals surface area contributed by atoms with Crippen molar-refractivity contribution in [1.82, 2.24) is 4.31 Å². The number of hydrogen-bond donors (Lipinski definition) is 1. The molecule has 130 valence electrons. The monoisotopic (exact) mass is 340 g/mol. The van der Waals surface area contributed by atoms with Crippen molar-refractivity contribution < 1.29 is 13.2 Å². The van der Waals surface area contributed by atoms with E-state index in [1.54, 1.807) is 0 Å². The number of nitrogens with zero attached hydrogens (tertiary/aromatic N) is 1. The summed E-state index contributed by atoms with van der Waals surface area (Å²) in [6.45, 7) is 6.30. The molecule has 0 aliphatic heterocycles. The van der Waals surface area contributed by atoms with Crippen LogP contribution >= 0.6 is 0 Å². The van der Waals surface area contributed by atoms with Gasteiger partial charge in [-0.2, -0.15) is 4.31 Å². The van der Waals surface area contributed by atoms with Gasteiger partial charge in [-0.1, -0.05) is 45.4 Å². The first-order chi connectivity index (χ1) is 10.8. The Bertz CT molecular complexity index is 604. The number of nitrogens with one attached hydrogen (secondary N) is 1. The van der Waals surface area contributed by atoms with Gasteiger partial charge < -0.3 is 5.32 Å². The molecule has 1 aromatic rings. The predicted octanol–water partition coefficient (Wildman–Crippen LogP) is 2.81. The zero-order valence-electron chi connectivity index (χ0n) is 14.6. The molecule has 0 radical (unpaired) electrons. The Morgan fingerprint density at radius 2 is 1.70 bits per heavy atom. The zero-order valence-corrected chi connectivity index (χ0v) is 15.4. The van der Waals surface area contributed by atoms with E-state index in [0.29, 0.717) is 6.54 Å². The predicted molar refractivity (Wildman–Crippen MR) is 95.2 cm³/mol. The summed E-state index contributed by atoms with van der Waals surface area (Å²) < 4.78 is 24.9. The molecule has 0 atom stereocenters. The van der Waals surface area contributed by atoms with Crippen molar-refractivity contribution in [2.24, 2.45) is 0 Å². The summed E-state index contributed by atoms with van der Waals surface area (Å²) in [5.74, 6) is -0.290. The minimum Gasteiger partial charge on any atom is -0.324 e. The van der Waals surface area contributed by atoms with E-state index in [2.05, 4.69) is 5.32 Å². The molecular formula is C17H28N2O3S. The number of carbonyl (C=O) groups excluding carboxylic acids is 1. The molecule has 0 aliphatic carbocycles. The number of sulfonamides is 1. The van der Waals surface area contributed by atoms with Gasteiger partial charge in [0.15, 0.2) is 0 Å². The first-order valence-corrected chi connectivity index (χ1v) is 10.0. The Morgan fingerprint density at radius 3 is 2.13 bits per heavy atom. The topological polar surface area (TPSA) is 66.5 Å².